The van der Waals surface area contributed by atoms with Crippen LogP contribution in [0.3, 0.4) is 0 Å². The molecule has 0 atom stereocenters. The number of carbonyl (C=O) groups is 1. The lowest BCUT2D eigenvalue weighted by atomic mass is 9.93. The summed E-state index contributed by atoms with van der Waals surface area (Å²) >= 11 is 0. The van der Waals surface area contributed by atoms with Gasteiger partial charge in [-0.3, -0.25) is 0 Å². The quantitative estimate of drug-likeness (QED) is 0.736. The molecule has 0 heterocycles. The van der Waals surface area contributed by atoms with Crippen molar-refractivity contribution in [3.63, 3.8) is 0 Å². The summed E-state index contributed by atoms with van der Waals surface area (Å²) in [5, 5.41) is 2.83. The molecule has 3 N–H and O–H groups in total. The first-order valence-electron chi connectivity index (χ1n) is 5.36. The van der Waals surface area contributed by atoms with Crippen LogP contribution in [0.4, 0.5) is 4.79 Å². The second kappa shape index (κ2) is 3.37. The van der Waals surface area contributed by atoms with Gasteiger partial charge in [0.05, 0.1) is 5.54 Å². The van der Waals surface area contributed by atoms with E-state index >= 15 is 0 Å². The van der Waals surface area contributed by atoms with E-state index in [1.54, 1.807) is 0 Å². The fourth-order valence-corrected chi connectivity index (χ4v) is 1.44. The van der Waals surface area contributed by atoms with Crippen LogP contribution in [0.15, 0.2) is 0 Å². The van der Waals surface area contributed by atoms with Gasteiger partial charge in [-0.15, -0.1) is 0 Å². The van der Waals surface area contributed by atoms with E-state index in [1.807, 2.05) is 34.6 Å². The van der Waals surface area contributed by atoms with E-state index in [0.717, 1.165) is 12.8 Å². The minimum Gasteiger partial charge on any atom is -0.444 e. The SMILES string of the molecule is CC(C)(C)OC(=O)NC(C)(C)C1(N)CC1. The predicted molar refractivity (Wildman–Crippen MR) is 59.6 cm³/mol. The van der Waals surface area contributed by atoms with Crippen LogP contribution in [0, 0.1) is 0 Å². The second-order valence-electron chi connectivity index (χ2n) is 5.91. The largest absolute Gasteiger partial charge is 0.444 e. The number of alkyl carbamates (subject to hydrolysis) is 1. The summed E-state index contributed by atoms with van der Waals surface area (Å²) < 4.78 is 5.19. The van der Waals surface area contributed by atoms with Crippen molar-refractivity contribution in [3.8, 4) is 0 Å². The summed E-state index contributed by atoms with van der Waals surface area (Å²) in [4.78, 5) is 11.6. The van der Waals surface area contributed by atoms with Gasteiger partial charge in [0.25, 0.3) is 0 Å². The number of amides is 1. The zero-order chi connectivity index (χ0) is 11.9. The molecule has 0 aromatic carbocycles. The molecule has 0 unspecified atom stereocenters. The number of hydrogen-bond donors (Lipinski definition) is 2. The fourth-order valence-electron chi connectivity index (χ4n) is 1.44. The number of nitrogens with two attached hydrogens (primary N) is 1. The van der Waals surface area contributed by atoms with Gasteiger partial charge < -0.3 is 15.8 Å². The molecule has 0 bridgehead atoms. The van der Waals surface area contributed by atoms with Gasteiger partial charge in [-0.05, 0) is 47.5 Å². The van der Waals surface area contributed by atoms with Gasteiger partial charge in [-0.1, -0.05) is 0 Å². The Morgan fingerprint density at radius 1 is 1.27 bits per heavy atom. The van der Waals surface area contributed by atoms with Crippen molar-refractivity contribution in [2.75, 3.05) is 0 Å². The standard InChI is InChI=1S/C11H22N2O2/c1-9(2,3)15-8(14)13-10(4,5)11(12)6-7-11/h6-7,12H2,1-5H3,(H,13,14). The summed E-state index contributed by atoms with van der Waals surface area (Å²) in [6.07, 6.45) is 1.51. The first-order valence-corrected chi connectivity index (χ1v) is 5.36. The highest BCUT2D eigenvalue weighted by Crippen LogP contribution is 2.41. The number of nitrogens with one attached hydrogen (secondary N) is 1. The van der Waals surface area contributed by atoms with Crippen LogP contribution in [0.1, 0.15) is 47.5 Å². The Bertz CT molecular complexity index is 262. The molecule has 0 aliphatic heterocycles. The third kappa shape index (κ3) is 3.09. The second-order valence-corrected chi connectivity index (χ2v) is 5.91. The third-order valence-electron chi connectivity index (χ3n) is 2.85. The van der Waals surface area contributed by atoms with Crippen LogP contribution in [0.5, 0.6) is 0 Å². The number of ether oxygens (including phenoxy) is 1. The molecule has 1 amide bonds. The Balaban J connectivity index is 2.51. The summed E-state index contributed by atoms with van der Waals surface area (Å²) in [5.74, 6) is 0. The lowest BCUT2D eigenvalue weighted by Crippen LogP contribution is -2.58. The maximum Gasteiger partial charge on any atom is 0.408 e. The summed E-state index contributed by atoms with van der Waals surface area (Å²) in [5.41, 5.74) is 4.93. The molecule has 1 rings (SSSR count). The molecule has 88 valence electrons. The van der Waals surface area contributed by atoms with Crippen molar-refractivity contribution < 1.29 is 9.53 Å². The van der Waals surface area contributed by atoms with Crippen LogP contribution < -0.4 is 11.1 Å². The van der Waals surface area contributed by atoms with Crippen LogP contribution in [-0.4, -0.2) is 22.8 Å². The first-order chi connectivity index (χ1) is 6.56. The highest BCUT2D eigenvalue weighted by atomic mass is 16.6. The van der Waals surface area contributed by atoms with Crippen molar-refractivity contribution in [2.45, 2.75) is 64.1 Å². The van der Waals surface area contributed by atoms with Crippen molar-refractivity contribution in [1.82, 2.24) is 5.32 Å². The minimum absolute atomic E-state index is 0.260. The number of rotatable bonds is 2. The fraction of sp³-hybridized carbons (Fsp3) is 0.909. The van der Waals surface area contributed by atoms with Crippen molar-refractivity contribution in [2.24, 2.45) is 5.73 Å². The van der Waals surface area contributed by atoms with Gasteiger partial charge in [0.15, 0.2) is 0 Å². The molecule has 1 aliphatic carbocycles. The molecule has 1 saturated carbocycles. The van der Waals surface area contributed by atoms with E-state index in [0.29, 0.717) is 0 Å². The van der Waals surface area contributed by atoms with E-state index in [4.69, 9.17) is 10.5 Å². The van der Waals surface area contributed by atoms with Crippen molar-refractivity contribution in [1.29, 1.82) is 0 Å². The van der Waals surface area contributed by atoms with Crippen LogP contribution in [-0.2, 0) is 4.74 Å². The molecule has 1 fully saturated rings. The molecule has 4 nitrogen and oxygen atoms in total. The number of hydrogen-bond acceptors (Lipinski definition) is 3. The smallest absolute Gasteiger partial charge is 0.408 e. The highest BCUT2D eigenvalue weighted by Gasteiger charge is 2.52. The van der Waals surface area contributed by atoms with Gasteiger partial charge in [-0.25, -0.2) is 4.79 Å². The van der Waals surface area contributed by atoms with E-state index in [-0.39, 0.29) is 5.54 Å². The molecule has 1 aliphatic rings. The normalized spacial score (nSPS) is 19.6. The summed E-state index contributed by atoms with van der Waals surface area (Å²) in [6.45, 7) is 9.40. The average molecular weight is 214 g/mol. The average Bonchev–Trinajstić information content (AvgIpc) is 2.62. The molecular formula is C11H22N2O2. The van der Waals surface area contributed by atoms with Gasteiger partial charge in [-0.2, -0.15) is 0 Å². The molecule has 15 heavy (non-hydrogen) atoms. The lowest BCUT2D eigenvalue weighted by Gasteiger charge is -2.33. The van der Waals surface area contributed by atoms with Crippen molar-refractivity contribution >= 4 is 6.09 Å². The Hall–Kier alpha value is -0.770. The lowest BCUT2D eigenvalue weighted by molar-refractivity contribution is 0.0451. The Morgan fingerprint density at radius 2 is 1.73 bits per heavy atom. The van der Waals surface area contributed by atoms with E-state index in [2.05, 4.69) is 5.32 Å². The van der Waals surface area contributed by atoms with Gasteiger partial charge in [0, 0.05) is 5.54 Å². The van der Waals surface area contributed by atoms with Gasteiger partial charge >= 0.3 is 6.09 Å². The molecule has 0 aromatic rings. The maximum absolute atomic E-state index is 11.6. The Morgan fingerprint density at radius 3 is 2.07 bits per heavy atom. The molecular weight excluding hydrogens is 192 g/mol. The summed E-state index contributed by atoms with van der Waals surface area (Å²) in [6, 6.07) is 0. The van der Waals surface area contributed by atoms with Gasteiger partial charge in [0.2, 0.25) is 0 Å². The Labute approximate surface area is 91.5 Å². The minimum atomic E-state index is -0.467. The molecule has 0 aromatic heterocycles. The van der Waals surface area contributed by atoms with Crippen LogP contribution in [0.2, 0.25) is 0 Å². The number of carbonyl (C=O) groups excluding carboxylic acids is 1. The monoisotopic (exact) mass is 214 g/mol. The zero-order valence-corrected chi connectivity index (χ0v) is 10.3. The van der Waals surface area contributed by atoms with E-state index < -0.39 is 17.2 Å². The summed E-state index contributed by atoms with van der Waals surface area (Å²) in [7, 11) is 0. The highest BCUT2D eigenvalue weighted by molar-refractivity contribution is 5.69. The van der Waals surface area contributed by atoms with E-state index in [1.165, 1.54) is 0 Å². The molecule has 4 heteroatoms. The third-order valence-corrected chi connectivity index (χ3v) is 2.85. The van der Waals surface area contributed by atoms with Gasteiger partial charge in [0.1, 0.15) is 5.60 Å². The van der Waals surface area contributed by atoms with Crippen LogP contribution in [0.25, 0.3) is 0 Å². The topological polar surface area (TPSA) is 64.3 Å². The zero-order valence-electron chi connectivity index (χ0n) is 10.3. The van der Waals surface area contributed by atoms with Crippen molar-refractivity contribution in [3.05, 3.63) is 0 Å². The van der Waals surface area contributed by atoms with E-state index in [9.17, 15) is 4.79 Å². The maximum atomic E-state index is 11.6. The molecule has 0 radical (unpaired) electrons. The molecule has 0 saturated heterocycles. The van der Waals surface area contributed by atoms with Crippen LogP contribution >= 0.6 is 0 Å². The predicted octanol–water partition coefficient (Wildman–Crippen LogP) is 1.78. The Kier molecular flexibility index (Phi) is 2.76. The first kappa shape index (κ1) is 12.3. The molecule has 0 spiro atoms.